The fourth-order valence-corrected chi connectivity index (χ4v) is 1.84. The summed E-state index contributed by atoms with van der Waals surface area (Å²) in [5.74, 6) is 2.03. The molecule has 0 atom stereocenters. The summed E-state index contributed by atoms with van der Waals surface area (Å²) in [6.45, 7) is 6.99. The van der Waals surface area contributed by atoms with E-state index in [4.69, 9.17) is 16.3 Å². The molecular formula is C15H18ClN3O. The van der Waals surface area contributed by atoms with Crippen molar-refractivity contribution in [2.45, 2.75) is 26.7 Å². The largest absolute Gasteiger partial charge is 0.437 e. The van der Waals surface area contributed by atoms with Crippen molar-refractivity contribution in [1.29, 1.82) is 0 Å². The van der Waals surface area contributed by atoms with Gasteiger partial charge in [0.05, 0.1) is 6.20 Å². The normalized spacial score (nSPS) is 10.7. The van der Waals surface area contributed by atoms with Crippen molar-refractivity contribution in [2.75, 3.05) is 11.9 Å². The number of ether oxygens (including phenoxy) is 1. The van der Waals surface area contributed by atoms with Crippen LogP contribution in [0, 0.1) is 0 Å². The van der Waals surface area contributed by atoms with Crippen LogP contribution in [0.1, 0.15) is 32.3 Å². The topological polar surface area (TPSA) is 47.0 Å². The molecule has 2 aromatic rings. The highest BCUT2D eigenvalue weighted by atomic mass is 35.5. The van der Waals surface area contributed by atoms with Crippen molar-refractivity contribution in [3.05, 3.63) is 41.0 Å². The Morgan fingerprint density at radius 2 is 2.15 bits per heavy atom. The molecule has 1 aromatic heterocycles. The molecule has 1 aromatic carbocycles. The van der Waals surface area contributed by atoms with Crippen LogP contribution in [0.3, 0.4) is 0 Å². The average Bonchev–Trinajstić information content (AvgIpc) is 2.43. The van der Waals surface area contributed by atoms with Gasteiger partial charge in [-0.1, -0.05) is 37.6 Å². The fraction of sp³-hybridized carbons (Fsp3) is 0.333. The third-order valence-electron chi connectivity index (χ3n) is 2.79. The number of hydrogen-bond acceptors (Lipinski definition) is 4. The maximum absolute atomic E-state index is 6.07. The molecule has 0 fully saturated rings. The summed E-state index contributed by atoms with van der Waals surface area (Å²) in [6, 6.07) is 7.92. The highest BCUT2D eigenvalue weighted by Crippen LogP contribution is 2.29. The van der Waals surface area contributed by atoms with Crippen LogP contribution in [-0.4, -0.2) is 16.5 Å². The zero-order chi connectivity index (χ0) is 14.5. The van der Waals surface area contributed by atoms with Gasteiger partial charge in [0.1, 0.15) is 10.8 Å². The van der Waals surface area contributed by atoms with Crippen molar-refractivity contribution >= 4 is 17.5 Å². The second kappa shape index (κ2) is 6.57. The zero-order valence-corrected chi connectivity index (χ0v) is 12.6. The Hall–Kier alpha value is -1.81. The molecule has 4 nitrogen and oxygen atoms in total. The molecular weight excluding hydrogens is 274 g/mol. The average molecular weight is 292 g/mol. The predicted octanol–water partition coefficient (Wildman–Crippen LogP) is 4.48. The van der Waals surface area contributed by atoms with Crippen LogP contribution in [0.4, 0.5) is 5.95 Å². The van der Waals surface area contributed by atoms with E-state index < -0.39 is 0 Å². The lowest BCUT2D eigenvalue weighted by molar-refractivity contribution is 0.461. The van der Waals surface area contributed by atoms with E-state index in [1.165, 1.54) is 11.8 Å². The van der Waals surface area contributed by atoms with Gasteiger partial charge >= 0.3 is 0 Å². The van der Waals surface area contributed by atoms with Gasteiger partial charge in [-0.15, -0.1) is 0 Å². The number of nitrogens with zero attached hydrogens (tertiary/aromatic N) is 2. The summed E-state index contributed by atoms with van der Waals surface area (Å²) in [5, 5.41) is 3.42. The molecule has 2 rings (SSSR count). The lowest BCUT2D eigenvalue weighted by Gasteiger charge is -2.10. The number of hydrogen-bond donors (Lipinski definition) is 1. The van der Waals surface area contributed by atoms with Gasteiger partial charge in [-0.2, -0.15) is 4.98 Å². The first-order chi connectivity index (χ1) is 9.60. The van der Waals surface area contributed by atoms with E-state index in [9.17, 15) is 0 Å². The highest BCUT2D eigenvalue weighted by Gasteiger charge is 2.09. The van der Waals surface area contributed by atoms with Crippen LogP contribution < -0.4 is 10.1 Å². The van der Waals surface area contributed by atoms with Gasteiger partial charge in [0.15, 0.2) is 0 Å². The number of halogens is 1. The molecule has 0 saturated carbocycles. The lowest BCUT2D eigenvalue weighted by Crippen LogP contribution is -2.03. The fourth-order valence-electron chi connectivity index (χ4n) is 1.72. The minimum atomic E-state index is 0.360. The third-order valence-corrected chi connectivity index (χ3v) is 3.05. The Bertz CT molecular complexity index is 587. The summed E-state index contributed by atoms with van der Waals surface area (Å²) in [5.41, 5.74) is 1.21. The van der Waals surface area contributed by atoms with Crippen LogP contribution >= 0.6 is 11.6 Å². The van der Waals surface area contributed by atoms with Gasteiger partial charge in [0.2, 0.25) is 11.8 Å². The molecule has 1 N–H and O–H groups in total. The summed E-state index contributed by atoms with van der Waals surface area (Å²) < 4.78 is 5.76. The maximum atomic E-state index is 6.07. The van der Waals surface area contributed by atoms with Crippen molar-refractivity contribution < 1.29 is 4.74 Å². The van der Waals surface area contributed by atoms with Crippen LogP contribution in [-0.2, 0) is 0 Å². The van der Waals surface area contributed by atoms with Crippen LogP contribution in [0.2, 0.25) is 5.02 Å². The van der Waals surface area contributed by atoms with Gasteiger partial charge < -0.3 is 10.1 Å². The highest BCUT2D eigenvalue weighted by molar-refractivity contribution is 6.31. The van der Waals surface area contributed by atoms with E-state index in [0.717, 1.165) is 12.3 Å². The van der Waals surface area contributed by atoms with Gasteiger partial charge in [0.25, 0.3) is 0 Å². The lowest BCUT2D eigenvalue weighted by atomic mass is 10.0. The number of rotatable bonds is 5. The summed E-state index contributed by atoms with van der Waals surface area (Å²) in [7, 11) is 0. The van der Waals surface area contributed by atoms with Crippen LogP contribution in [0.25, 0.3) is 0 Å². The maximum Gasteiger partial charge on any atom is 0.243 e. The van der Waals surface area contributed by atoms with E-state index in [1.54, 1.807) is 0 Å². The predicted molar refractivity (Wildman–Crippen MR) is 81.8 cm³/mol. The molecule has 0 radical (unpaired) electrons. The second-order valence-corrected chi connectivity index (χ2v) is 5.11. The molecule has 0 aliphatic rings. The molecule has 0 unspecified atom stereocenters. The minimum absolute atomic E-state index is 0.360. The minimum Gasteiger partial charge on any atom is -0.437 e. The molecule has 20 heavy (non-hydrogen) atoms. The van der Waals surface area contributed by atoms with Gasteiger partial charge in [-0.3, -0.25) is 0 Å². The smallest absolute Gasteiger partial charge is 0.243 e. The van der Waals surface area contributed by atoms with Gasteiger partial charge in [0, 0.05) is 6.54 Å². The Labute approximate surface area is 124 Å². The molecule has 0 aliphatic heterocycles. The second-order valence-electron chi connectivity index (χ2n) is 4.71. The number of nitrogens with one attached hydrogen (secondary N) is 1. The van der Waals surface area contributed by atoms with Crippen molar-refractivity contribution in [1.82, 2.24) is 9.97 Å². The Morgan fingerprint density at radius 3 is 2.85 bits per heavy atom. The van der Waals surface area contributed by atoms with E-state index >= 15 is 0 Å². The van der Waals surface area contributed by atoms with E-state index in [-0.39, 0.29) is 0 Å². The monoisotopic (exact) mass is 291 g/mol. The Kier molecular flexibility index (Phi) is 4.79. The molecule has 0 aliphatic carbocycles. The summed E-state index contributed by atoms with van der Waals surface area (Å²) in [4.78, 5) is 8.34. The SMILES string of the molecule is CCNc1ncc(Cl)c(Oc2cccc(C(C)C)c2)n1. The summed E-state index contributed by atoms with van der Waals surface area (Å²) >= 11 is 6.07. The molecule has 106 valence electrons. The molecule has 5 heteroatoms. The summed E-state index contributed by atoms with van der Waals surface area (Å²) in [6.07, 6.45) is 1.54. The Morgan fingerprint density at radius 1 is 1.35 bits per heavy atom. The molecule has 0 spiro atoms. The first-order valence-corrected chi connectivity index (χ1v) is 7.02. The quantitative estimate of drug-likeness (QED) is 0.882. The molecule has 0 saturated heterocycles. The molecule has 0 bridgehead atoms. The first-order valence-electron chi connectivity index (χ1n) is 6.64. The van der Waals surface area contributed by atoms with E-state index in [0.29, 0.717) is 22.8 Å². The standard InChI is InChI=1S/C15H18ClN3O/c1-4-17-15-18-9-13(16)14(19-15)20-12-7-5-6-11(8-12)10(2)3/h5-10H,4H2,1-3H3,(H,17,18,19). The number of benzene rings is 1. The van der Waals surface area contributed by atoms with Gasteiger partial charge in [-0.05, 0) is 30.5 Å². The third kappa shape index (κ3) is 3.61. The number of anilines is 1. The van der Waals surface area contributed by atoms with E-state index in [1.807, 2.05) is 25.1 Å². The van der Waals surface area contributed by atoms with Crippen LogP contribution in [0.5, 0.6) is 11.6 Å². The zero-order valence-electron chi connectivity index (χ0n) is 11.9. The Balaban J connectivity index is 2.24. The van der Waals surface area contributed by atoms with E-state index in [2.05, 4.69) is 35.2 Å². The van der Waals surface area contributed by atoms with Gasteiger partial charge in [-0.25, -0.2) is 4.98 Å². The first kappa shape index (κ1) is 14.6. The van der Waals surface area contributed by atoms with Crippen LogP contribution in [0.15, 0.2) is 30.5 Å². The van der Waals surface area contributed by atoms with Crippen molar-refractivity contribution in [3.8, 4) is 11.6 Å². The van der Waals surface area contributed by atoms with Crippen molar-refractivity contribution in [2.24, 2.45) is 0 Å². The van der Waals surface area contributed by atoms with Crippen molar-refractivity contribution in [3.63, 3.8) is 0 Å². The molecule has 0 amide bonds. The molecule has 1 heterocycles. The number of aromatic nitrogens is 2.